The summed E-state index contributed by atoms with van der Waals surface area (Å²) in [6, 6.07) is 9.97. The van der Waals surface area contributed by atoms with Crippen molar-refractivity contribution in [2.45, 2.75) is 20.3 Å². The molecule has 0 radical (unpaired) electrons. The van der Waals surface area contributed by atoms with Crippen LogP contribution in [-0.4, -0.2) is 23.9 Å². The first-order valence-electron chi connectivity index (χ1n) is 8.82. The van der Waals surface area contributed by atoms with Crippen LogP contribution in [0.2, 0.25) is 0 Å². The number of aromatic nitrogens is 1. The van der Waals surface area contributed by atoms with E-state index in [1.165, 1.54) is 24.3 Å². The van der Waals surface area contributed by atoms with Gasteiger partial charge in [-0.1, -0.05) is 12.1 Å². The molecule has 0 spiro atoms. The molecule has 2 aromatic carbocycles. The van der Waals surface area contributed by atoms with Crippen LogP contribution in [0.3, 0.4) is 0 Å². The van der Waals surface area contributed by atoms with Crippen LogP contribution in [0.25, 0.3) is 11.3 Å². The van der Waals surface area contributed by atoms with E-state index in [0.717, 1.165) is 16.9 Å². The number of nitrogens with one attached hydrogen (secondary N) is 2. The second kappa shape index (κ2) is 8.83. The number of carbonyl (C=O) groups excluding carboxylic acids is 2. The average molecular weight is 413 g/mol. The smallest absolute Gasteiger partial charge is 0.230 e. The predicted molar refractivity (Wildman–Crippen MR) is 112 cm³/mol. The summed E-state index contributed by atoms with van der Waals surface area (Å²) in [6.45, 7) is 3.29. The zero-order valence-corrected chi connectivity index (χ0v) is 17.0. The summed E-state index contributed by atoms with van der Waals surface area (Å²) < 4.78 is 19.6. The molecule has 1 heterocycles. The Kier molecular flexibility index (Phi) is 6.23. The number of rotatable bonds is 6. The van der Waals surface area contributed by atoms with Crippen molar-refractivity contribution in [1.29, 1.82) is 0 Å². The van der Waals surface area contributed by atoms with Crippen molar-refractivity contribution >= 4 is 34.0 Å². The van der Waals surface area contributed by atoms with E-state index >= 15 is 0 Å². The molecule has 0 saturated carbocycles. The molecular formula is C21H20FN3O3S. The predicted octanol–water partition coefficient (Wildman–Crippen LogP) is 4.41. The molecule has 0 saturated heterocycles. The number of aryl methyl sites for hydroxylation is 1. The number of ether oxygens (including phenoxy) is 1. The number of nitrogens with zero attached hydrogens (tertiary/aromatic N) is 1. The fourth-order valence-corrected chi connectivity index (χ4v) is 3.51. The van der Waals surface area contributed by atoms with E-state index in [1.54, 1.807) is 24.6 Å². The van der Waals surface area contributed by atoms with Crippen LogP contribution in [0, 0.1) is 12.7 Å². The Morgan fingerprint density at radius 1 is 1.17 bits per heavy atom. The molecule has 0 aliphatic heterocycles. The van der Waals surface area contributed by atoms with Gasteiger partial charge in [-0.3, -0.25) is 9.59 Å². The summed E-state index contributed by atoms with van der Waals surface area (Å²) in [6.07, 6.45) is 0.172. The standard InChI is InChI=1S/C21H20FN3O3S/c1-12-4-5-14(8-19(12)28-3)9-20(27)25-21-24-18(11-29-21)16-7-6-15(10-17(16)22)23-13(2)26/h4-8,10-11H,9H2,1-3H3,(H,23,26)(H,24,25,27). The van der Waals surface area contributed by atoms with Crippen molar-refractivity contribution in [3.8, 4) is 17.0 Å². The van der Waals surface area contributed by atoms with Crippen molar-refractivity contribution in [1.82, 2.24) is 4.98 Å². The number of amides is 2. The fraction of sp³-hybridized carbons (Fsp3) is 0.190. The van der Waals surface area contributed by atoms with Gasteiger partial charge in [-0.15, -0.1) is 11.3 Å². The molecule has 0 atom stereocenters. The zero-order chi connectivity index (χ0) is 21.0. The SMILES string of the molecule is COc1cc(CC(=O)Nc2nc(-c3ccc(NC(C)=O)cc3F)cs2)ccc1C. The van der Waals surface area contributed by atoms with Gasteiger partial charge in [-0.25, -0.2) is 9.37 Å². The summed E-state index contributed by atoms with van der Waals surface area (Å²) in [5, 5.41) is 7.32. The Hall–Kier alpha value is -3.26. The Bertz CT molecular complexity index is 1070. The minimum absolute atomic E-state index is 0.172. The molecule has 2 N–H and O–H groups in total. The molecule has 0 aliphatic carbocycles. The summed E-state index contributed by atoms with van der Waals surface area (Å²) in [7, 11) is 1.59. The molecule has 0 bridgehead atoms. The highest BCUT2D eigenvalue weighted by atomic mass is 32.1. The van der Waals surface area contributed by atoms with Gasteiger partial charge >= 0.3 is 0 Å². The summed E-state index contributed by atoms with van der Waals surface area (Å²) >= 11 is 1.21. The molecule has 1 aromatic heterocycles. The van der Waals surface area contributed by atoms with Gasteiger partial charge in [0.1, 0.15) is 11.6 Å². The molecule has 0 aliphatic rings. The number of hydrogen-bond acceptors (Lipinski definition) is 5. The van der Waals surface area contributed by atoms with Crippen LogP contribution in [0.4, 0.5) is 15.2 Å². The van der Waals surface area contributed by atoms with Gasteiger partial charge in [0.05, 0.1) is 19.2 Å². The molecule has 0 unspecified atom stereocenters. The van der Waals surface area contributed by atoms with E-state index in [4.69, 9.17) is 4.74 Å². The molecule has 3 rings (SSSR count). The number of methoxy groups -OCH3 is 1. The van der Waals surface area contributed by atoms with E-state index in [0.29, 0.717) is 22.1 Å². The Balaban J connectivity index is 1.68. The summed E-state index contributed by atoms with van der Waals surface area (Å²) in [5.74, 6) is -0.281. The fourth-order valence-electron chi connectivity index (χ4n) is 2.78. The number of hydrogen-bond donors (Lipinski definition) is 2. The third kappa shape index (κ3) is 5.17. The number of halogens is 1. The van der Waals surface area contributed by atoms with Gasteiger partial charge in [0, 0.05) is 23.6 Å². The maximum atomic E-state index is 14.4. The normalized spacial score (nSPS) is 10.5. The molecule has 2 amide bonds. The second-order valence-electron chi connectivity index (χ2n) is 6.44. The molecular weight excluding hydrogens is 393 g/mol. The highest BCUT2D eigenvalue weighted by Gasteiger charge is 2.13. The Labute approximate surface area is 171 Å². The minimum Gasteiger partial charge on any atom is -0.496 e. The van der Waals surface area contributed by atoms with Gasteiger partial charge in [-0.05, 0) is 42.3 Å². The Morgan fingerprint density at radius 3 is 2.66 bits per heavy atom. The molecule has 3 aromatic rings. The van der Waals surface area contributed by atoms with E-state index in [-0.39, 0.29) is 18.2 Å². The largest absolute Gasteiger partial charge is 0.496 e. The lowest BCUT2D eigenvalue weighted by molar-refractivity contribution is -0.116. The van der Waals surface area contributed by atoms with E-state index in [9.17, 15) is 14.0 Å². The van der Waals surface area contributed by atoms with E-state index < -0.39 is 5.82 Å². The third-order valence-electron chi connectivity index (χ3n) is 4.15. The van der Waals surface area contributed by atoms with E-state index in [2.05, 4.69) is 15.6 Å². The number of thiazole rings is 1. The maximum Gasteiger partial charge on any atom is 0.230 e. The lowest BCUT2D eigenvalue weighted by Crippen LogP contribution is -2.14. The lowest BCUT2D eigenvalue weighted by Gasteiger charge is -2.07. The van der Waals surface area contributed by atoms with Gasteiger partial charge in [0.25, 0.3) is 0 Å². The van der Waals surface area contributed by atoms with Gasteiger partial charge in [-0.2, -0.15) is 0 Å². The number of carbonyl (C=O) groups is 2. The van der Waals surface area contributed by atoms with Crippen molar-refractivity contribution in [2.24, 2.45) is 0 Å². The molecule has 29 heavy (non-hydrogen) atoms. The minimum atomic E-state index is -0.508. The topological polar surface area (TPSA) is 80.3 Å². The number of anilines is 2. The molecule has 150 valence electrons. The van der Waals surface area contributed by atoms with E-state index in [1.807, 2.05) is 25.1 Å². The van der Waals surface area contributed by atoms with Crippen LogP contribution in [0.5, 0.6) is 5.75 Å². The van der Waals surface area contributed by atoms with Crippen LogP contribution in [0.15, 0.2) is 41.8 Å². The van der Waals surface area contributed by atoms with Crippen LogP contribution < -0.4 is 15.4 Å². The Morgan fingerprint density at radius 2 is 1.97 bits per heavy atom. The lowest BCUT2D eigenvalue weighted by atomic mass is 10.1. The highest BCUT2D eigenvalue weighted by Crippen LogP contribution is 2.29. The van der Waals surface area contributed by atoms with Gasteiger partial charge in [0.15, 0.2) is 5.13 Å². The average Bonchev–Trinajstić information content (AvgIpc) is 3.10. The highest BCUT2D eigenvalue weighted by molar-refractivity contribution is 7.14. The van der Waals surface area contributed by atoms with Crippen molar-refractivity contribution in [3.05, 3.63) is 58.7 Å². The second-order valence-corrected chi connectivity index (χ2v) is 7.30. The van der Waals surface area contributed by atoms with Gasteiger partial charge < -0.3 is 15.4 Å². The summed E-state index contributed by atoms with van der Waals surface area (Å²) in [4.78, 5) is 27.7. The van der Waals surface area contributed by atoms with Gasteiger partial charge in [0.2, 0.25) is 11.8 Å². The van der Waals surface area contributed by atoms with Crippen molar-refractivity contribution < 1.29 is 18.7 Å². The van der Waals surface area contributed by atoms with Crippen LogP contribution in [-0.2, 0) is 16.0 Å². The monoisotopic (exact) mass is 413 g/mol. The quantitative estimate of drug-likeness (QED) is 0.627. The number of benzene rings is 2. The molecule has 0 fully saturated rings. The first-order chi connectivity index (χ1) is 13.9. The first kappa shape index (κ1) is 20.5. The zero-order valence-electron chi connectivity index (χ0n) is 16.2. The molecule has 6 nitrogen and oxygen atoms in total. The third-order valence-corrected chi connectivity index (χ3v) is 4.91. The maximum absolute atomic E-state index is 14.4. The van der Waals surface area contributed by atoms with Crippen LogP contribution in [0.1, 0.15) is 18.1 Å². The summed E-state index contributed by atoms with van der Waals surface area (Å²) in [5.41, 5.74) is 2.89. The first-order valence-corrected chi connectivity index (χ1v) is 9.70. The molecule has 8 heteroatoms. The van der Waals surface area contributed by atoms with Crippen molar-refractivity contribution in [2.75, 3.05) is 17.7 Å². The van der Waals surface area contributed by atoms with Crippen molar-refractivity contribution in [3.63, 3.8) is 0 Å². The van der Waals surface area contributed by atoms with Crippen LogP contribution >= 0.6 is 11.3 Å².